The molecule has 4 heteroatoms. The van der Waals surface area contributed by atoms with E-state index in [9.17, 15) is 9.18 Å². The average molecular weight is 311 g/mol. The van der Waals surface area contributed by atoms with Gasteiger partial charge in [-0.3, -0.25) is 0 Å². The van der Waals surface area contributed by atoms with Gasteiger partial charge in [-0.2, -0.15) is 0 Å². The Hall–Kier alpha value is -1.09. The summed E-state index contributed by atoms with van der Waals surface area (Å²) in [6.07, 6.45) is 3.10. The van der Waals surface area contributed by atoms with Crippen LogP contribution in [-0.2, 0) is 4.74 Å². The maximum absolute atomic E-state index is 13.5. The number of ether oxygens (including phenoxy) is 1. The molecule has 1 aromatic carbocycles. The molecular weight excluding hydrogens is 291 g/mol. The molecule has 0 N–H and O–H groups in total. The fraction of sp³-hybridized carbons (Fsp3) is 0.588. The molecule has 2 aliphatic carbocycles. The van der Waals surface area contributed by atoms with Gasteiger partial charge < -0.3 is 4.74 Å². The topological polar surface area (TPSA) is 26.3 Å². The van der Waals surface area contributed by atoms with E-state index in [2.05, 4.69) is 20.8 Å². The van der Waals surface area contributed by atoms with E-state index >= 15 is 0 Å². The number of rotatable bonds is 2. The van der Waals surface area contributed by atoms with Crippen molar-refractivity contribution in [3.8, 4) is 0 Å². The van der Waals surface area contributed by atoms with E-state index in [4.69, 9.17) is 16.3 Å². The smallest absolute Gasteiger partial charge is 0.338 e. The predicted octanol–water partition coefficient (Wildman–Crippen LogP) is 4.85. The molecule has 1 aromatic rings. The first-order valence-electron chi connectivity index (χ1n) is 7.42. The molecular formula is C17H20ClFO2. The Labute approximate surface area is 129 Å². The van der Waals surface area contributed by atoms with E-state index in [1.807, 2.05) is 0 Å². The quantitative estimate of drug-likeness (QED) is 0.730. The molecule has 0 saturated heterocycles. The minimum absolute atomic E-state index is 0.0122. The highest BCUT2D eigenvalue weighted by Crippen LogP contribution is 2.66. The third kappa shape index (κ3) is 2.09. The first-order valence-corrected chi connectivity index (χ1v) is 7.79. The maximum Gasteiger partial charge on any atom is 0.338 e. The molecule has 3 unspecified atom stereocenters. The average Bonchev–Trinajstić information content (AvgIpc) is 2.75. The van der Waals surface area contributed by atoms with Crippen LogP contribution in [0.4, 0.5) is 4.39 Å². The summed E-state index contributed by atoms with van der Waals surface area (Å²) in [5.74, 6) is -0.451. The van der Waals surface area contributed by atoms with Crippen molar-refractivity contribution in [1.29, 1.82) is 0 Å². The highest BCUT2D eigenvalue weighted by atomic mass is 35.5. The molecule has 2 nitrogen and oxygen atoms in total. The zero-order valence-electron chi connectivity index (χ0n) is 12.6. The summed E-state index contributed by atoms with van der Waals surface area (Å²) in [6, 6.07) is 4.04. The van der Waals surface area contributed by atoms with Crippen molar-refractivity contribution in [2.75, 3.05) is 0 Å². The van der Waals surface area contributed by atoms with Crippen LogP contribution in [0.2, 0.25) is 5.02 Å². The second-order valence-corrected chi connectivity index (χ2v) is 7.54. The fourth-order valence-electron chi connectivity index (χ4n) is 4.13. The highest BCUT2D eigenvalue weighted by molar-refractivity contribution is 6.30. The SMILES string of the molecule is CC1(C)C2CCC1(C)C(OC(=O)c1ccc(Cl)c(F)c1)C2. The highest BCUT2D eigenvalue weighted by Gasteiger charge is 2.62. The number of esters is 1. The van der Waals surface area contributed by atoms with Crippen molar-refractivity contribution in [2.45, 2.75) is 46.1 Å². The molecule has 0 aromatic heterocycles. The van der Waals surface area contributed by atoms with E-state index in [1.54, 1.807) is 0 Å². The molecule has 0 amide bonds. The van der Waals surface area contributed by atoms with Gasteiger partial charge in [-0.05, 0) is 48.8 Å². The van der Waals surface area contributed by atoms with E-state index in [-0.39, 0.29) is 27.5 Å². The van der Waals surface area contributed by atoms with Crippen LogP contribution in [0, 0.1) is 22.6 Å². The van der Waals surface area contributed by atoms with Crippen LogP contribution in [0.15, 0.2) is 18.2 Å². The molecule has 3 atom stereocenters. The molecule has 0 radical (unpaired) electrons. The van der Waals surface area contributed by atoms with Gasteiger partial charge in [0.2, 0.25) is 0 Å². The van der Waals surface area contributed by atoms with Gasteiger partial charge in [-0.1, -0.05) is 32.4 Å². The fourth-order valence-corrected chi connectivity index (χ4v) is 4.25. The summed E-state index contributed by atoms with van der Waals surface area (Å²) in [4.78, 5) is 12.3. The molecule has 21 heavy (non-hydrogen) atoms. The van der Waals surface area contributed by atoms with Crippen molar-refractivity contribution in [3.63, 3.8) is 0 Å². The summed E-state index contributed by atoms with van der Waals surface area (Å²) in [7, 11) is 0. The second kappa shape index (κ2) is 4.70. The third-order valence-electron chi connectivity index (χ3n) is 6.12. The lowest BCUT2D eigenvalue weighted by atomic mass is 9.70. The Morgan fingerprint density at radius 2 is 2.10 bits per heavy atom. The second-order valence-electron chi connectivity index (χ2n) is 7.13. The van der Waals surface area contributed by atoms with Crippen LogP contribution in [-0.4, -0.2) is 12.1 Å². The van der Waals surface area contributed by atoms with Gasteiger partial charge in [0.15, 0.2) is 0 Å². The van der Waals surface area contributed by atoms with Crippen LogP contribution >= 0.6 is 11.6 Å². The van der Waals surface area contributed by atoms with E-state index < -0.39 is 11.8 Å². The lowest BCUT2D eigenvalue weighted by Crippen LogP contribution is -2.38. The van der Waals surface area contributed by atoms with Gasteiger partial charge in [0.1, 0.15) is 11.9 Å². The standard InChI is InChI=1S/C17H20ClFO2/c1-16(2)11-6-7-17(16,3)14(9-11)21-15(20)10-4-5-12(18)13(19)8-10/h4-5,8,11,14H,6-7,9H2,1-3H3. The number of fused-ring (bicyclic) bond motifs is 2. The monoisotopic (exact) mass is 310 g/mol. The van der Waals surface area contributed by atoms with Crippen LogP contribution in [0.5, 0.6) is 0 Å². The molecule has 114 valence electrons. The number of carbonyl (C=O) groups excluding carboxylic acids is 1. The number of halogens is 2. The Morgan fingerprint density at radius 3 is 2.62 bits per heavy atom. The van der Waals surface area contributed by atoms with Gasteiger partial charge in [0, 0.05) is 5.41 Å². The van der Waals surface area contributed by atoms with Crippen LogP contribution in [0.1, 0.15) is 50.4 Å². The summed E-state index contributed by atoms with van der Waals surface area (Å²) < 4.78 is 19.2. The maximum atomic E-state index is 13.5. The van der Waals surface area contributed by atoms with Crippen LogP contribution in [0.3, 0.4) is 0 Å². The summed E-state index contributed by atoms with van der Waals surface area (Å²) >= 11 is 5.64. The van der Waals surface area contributed by atoms with Crippen molar-refractivity contribution < 1.29 is 13.9 Å². The Balaban J connectivity index is 1.79. The van der Waals surface area contributed by atoms with Crippen molar-refractivity contribution in [3.05, 3.63) is 34.6 Å². The molecule has 2 fully saturated rings. The summed E-state index contributed by atoms with van der Waals surface area (Å²) in [6.45, 7) is 6.74. The van der Waals surface area contributed by atoms with E-state index in [0.29, 0.717) is 5.92 Å². The van der Waals surface area contributed by atoms with E-state index in [0.717, 1.165) is 18.9 Å². The Kier molecular flexibility index (Phi) is 3.32. The number of hydrogen-bond donors (Lipinski definition) is 0. The minimum atomic E-state index is -0.592. The third-order valence-corrected chi connectivity index (χ3v) is 6.43. The normalized spacial score (nSPS) is 33.2. The van der Waals surface area contributed by atoms with Gasteiger partial charge in [0.05, 0.1) is 10.6 Å². The van der Waals surface area contributed by atoms with Crippen molar-refractivity contribution >= 4 is 17.6 Å². The Morgan fingerprint density at radius 1 is 1.38 bits per heavy atom. The molecule has 2 bridgehead atoms. The number of carbonyl (C=O) groups is 1. The lowest BCUT2D eigenvalue weighted by molar-refractivity contribution is -0.0242. The molecule has 0 spiro atoms. The number of hydrogen-bond acceptors (Lipinski definition) is 2. The van der Waals surface area contributed by atoms with Gasteiger partial charge >= 0.3 is 5.97 Å². The van der Waals surface area contributed by atoms with Crippen LogP contribution in [0.25, 0.3) is 0 Å². The summed E-state index contributed by atoms with van der Waals surface area (Å²) in [5, 5.41) is 0.0135. The molecule has 0 aliphatic heterocycles. The van der Waals surface area contributed by atoms with Gasteiger partial charge in [-0.25, -0.2) is 9.18 Å². The zero-order chi connectivity index (χ0) is 15.4. The predicted molar refractivity (Wildman–Crippen MR) is 79.8 cm³/mol. The van der Waals surface area contributed by atoms with E-state index in [1.165, 1.54) is 18.6 Å². The van der Waals surface area contributed by atoms with Gasteiger partial charge in [-0.15, -0.1) is 0 Å². The lowest BCUT2D eigenvalue weighted by Gasteiger charge is -2.38. The number of benzene rings is 1. The van der Waals surface area contributed by atoms with Crippen LogP contribution < -0.4 is 0 Å². The first-order chi connectivity index (χ1) is 9.75. The van der Waals surface area contributed by atoms with Gasteiger partial charge in [0.25, 0.3) is 0 Å². The first kappa shape index (κ1) is 14.8. The molecule has 2 saturated carbocycles. The molecule has 0 heterocycles. The molecule has 2 aliphatic rings. The Bertz CT molecular complexity index is 598. The minimum Gasteiger partial charge on any atom is -0.458 e. The zero-order valence-corrected chi connectivity index (χ0v) is 13.3. The molecule has 3 rings (SSSR count). The van der Waals surface area contributed by atoms with Crippen molar-refractivity contribution in [2.24, 2.45) is 16.7 Å². The largest absolute Gasteiger partial charge is 0.458 e. The summed E-state index contributed by atoms with van der Waals surface area (Å²) in [5.41, 5.74) is 0.419. The van der Waals surface area contributed by atoms with Crippen molar-refractivity contribution in [1.82, 2.24) is 0 Å².